The molecule has 0 radical (unpaired) electrons. The van der Waals surface area contributed by atoms with Crippen LogP contribution in [0.1, 0.15) is 44.1 Å². The van der Waals surface area contributed by atoms with Crippen molar-refractivity contribution in [3.05, 3.63) is 41.7 Å². The van der Waals surface area contributed by atoms with Gasteiger partial charge in [-0.15, -0.1) is 0 Å². The predicted octanol–water partition coefficient (Wildman–Crippen LogP) is 3.04. The lowest BCUT2D eigenvalue weighted by molar-refractivity contribution is -0.121. The largest absolute Gasteiger partial charge is 0.388 e. The van der Waals surface area contributed by atoms with E-state index in [2.05, 4.69) is 5.32 Å². The molecule has 0 unspecified atom stereocenters. The van der Waals surface area contributed by atoms with Gasteiger partial charge in [0, 0.05) is 13.0 Å². The second-order valence-electron chi connectivity index (χ2n) is 5.72. The average molecular weight is 291 g/mol. The van der Waals surface area contributed by atoms with Gasteiger partial charge in [0.2, 0.25) is 5.91 Å². The highest BCUT2D eigenvalue weighted by Gasteiger charge is 2.29. The minimum absolute atomic E-state index is 0.123. The van der Waals surface area contributed by atoms with Crippen LogP contribution in [0.15, 0.2) is 30.3 Å². The van der Waals surface area contributed by atoms with E-state index in [-0.39, 0.29) is 18.1 Å². The van der Waals surface area contributed by atoms with E-state index in [1.54, 1.807) is 24.3 Å². The van der Waals surface area contributed by atoms with Crippen molar-refractivity contribution in [3.8, 4) is 0 Å². The van der Waals surface area contributed by atoms with Crippen molar-refractivity contribution >= 4 is 12.0 Å². The van der Waals surface area contributed by atoms with E-state index >= 15 is 0 Å². The van der Waals surface area contributed by atoms with Crippen molar-refractivity contribution < 1.29 is 14.3 Å². The van der Waals surface area contributed by atoms with Gasteiger partial charge in [-0.05, 0) is 30.5 Å². The van der Waals surface area contributed by atoms with E-state index < -0.39 is 5.60 Å². The van der Waals surface area contributed by atoms with E-state index in [1.807, 2.05) is 0 Å². The van der Waals surface area contributed by atoms with Gasteiger partial charge in [-0.3, -0.25) is 4.79 Å². The molecule has 1 aliphatic carbocycles. The third-order valence-electron chi connectivity index (χ3n) is 3.86. The maximum atomic E-state index is 13.0. The topological polar surface area (TPSA) is 49.3 Å². The van der Waals surface area contributed by atoms with Crippen LogP contribution < -0.4 is 5.32 Å². The first-order valence-electron chi connectivity index (χ1n) is 7.49. The molecule has 0 atom stereocenters. The molecule has 1 aromatic carbocycles. The van der Waals surface area contributed by atoms with Gasteiger partial charge in [0.25, 0.3) is 0 Å². The lowest BCUT2D eigenvalue weighted by Crippen LogP contribution is -2.44. The van der Waals surface area contributed by atoms with Crippen molar-refractivity contribution in [2.75, 3.05) is 6.54 Å². The average Bonchev–Trinajstić information content (AvgIpc) is 2.46. The van der Waals surface area contributed by atoms with Crippen LogP contribution in [0.3, 0.4) is 0 Å². The molecule has 3 nitrogen and oxygen atoms in total. The quantitative estimate of drug-likeness (QED) is 0.876. The Morgan fingerprint density at radius 2 is 2.10 bits per heavy atom. The zero-order valence-electron chi connectivity index (χ0n) is 12.1. The van der Waals surface area contributed by atoms with Crippen LogP contribution in [-0.2, 0) is 4.79 Å². The fourth-order valence-electron chi connectivity index (χ4n) is 2.63. The normalized spacial score (nSPS) is 17.8. The number of carbonyl (C=O) groups is 1. The van der Waals surface area contributed by atoms with Crippen LogP contribution in [0.4, 0.5) is 4.39 Å². The molecule has 114 valence electrons. The molecule has 0 spiro atoms. The second kappa shape index (κ2) is 7.36. The number of halogens is 1. The first-order chi connectivity index (χ1) is 10.1. The molecule has 1 saturated carbocycles. The molecule has 0 bridgehead atoms. The van der Waals surface area contributed by atoms with E-state index in [4.69, 9.17) is 0 Å². The summed E-state index contributed by atoms with van der Waals surface area (Å²) >= 11 is 0. The molecule has 0 aliphatic heterocycles. The smallest absolute Gasteiger partial charge is 0.223 e. The Morgan fingerprint density at radius 1 is 1.33 bits per heavy atom. The van der Waals surface area contributed by atoms with Crippen LogP contribution in [0.5, 0.6) is 0 Å². The summed E-state index contributed by atoms with van der Waals surface area (Å²) in [5, 5.41) is 13.1. The number of aliphatic hydroxyl groups is 1. The summed E-state index contributed by atoms with van der Waals surface area (Å²) in [4.78, 5) is 11.7. The van der Waals surface area contributed by atoms with Crippen LogP contribution in [-0.4, -0.2) is 23.2 Å². The lowest BCUT2D eigenvalue weighted by atomic mass is 9.85. The number of amides is 1. The number of benzene rings is 1. The molecular weight excluding hydrogens is 269 g/mol. The molecule has 2 N–H and O–H groups in total. The van der Waals surface area contributed by atoms with Gasteiger partial charge >= 0.3 is 0 Å². The first kappa shape index (κ1) is 15.7. The Morgan fingerprint density at radius 3 is 2.81 bits per heavy atom. The Bertz CT molecular complexity index is 507. The van der Waals surface area contributed by atoms with Crippen molar-refractivity contribution in [3.63, 3.8) is 0 Å². The van der Waals surface area contributed by atoms with E-state index in [0.717, 1.165) is 37.7 Å². The van der Waals surface area contributed by atoms with Gasteiger partial charge in [-0.2, -0.15) is 0 Å². The van der Waals surface area contributed by atoms with Crippen LogP contribution in [0.2, 0.25) is 0 Å². The Balaban J connectivity index is 1.74. The van der Waals surface area contributed by atoms with Gasteiger partial charge in [0.05, 0.1) is 5.60 Å². The second-order valence-corrected chi connectivity index (χ2v) is 5.72. The summed E-state index contributed by atoms with van der Waals surface area (Å²) in [6.45, 7) is 0.319. The number of rotatable bonds is 5. The van der Waals surface area contributed by atoms with Crippen LogP contribution in [0, 0.1) is 5.82 Å². The van der Waals surface area contributed by atoms with Crippen molar-refractivity contribution in [2.24, 2.45) is 0 Å². The van der Waals surface area contributed by atoms with Gasteiger partial charge in [0.15, 0.2) is 0 Å². The maximum absolute atomic E-state index is 13.0. The monoisotopic (exact) mass is 291 g/mol. The summed E-state index contributed by atoms with van der Waals surface area (Å²) in [5.74, 6) is -0.414. The van der Waals surface area contributed by atoms with Crippen molar-refractivity contribution in [1.82, 2.24) is 5.32 Å². The third kappa shape index (κ3) is 5.31. The Kier molecular flexibility index (Phi) is 5.51. The summed E-state index contributed by atoms with van der Waals surface area (Å²) in [6, 6.07) is 6.21. The fraction of sp³-hybridized carbons (Fsp3) is 0.471. The SMILES string of the molecule is O=C(CC=Cc1cccc(F)c1)NCC1(O)CCCCC1. The molecule has 0 saturated heterocycles. The highest BCUT2D eigenvalue weighted by Crippen LogP contribution is 2.27. The zero-order chi connectivity index (χ0) is 15.1. The highest BCUT2D eigenvalue weighted by atomic mass is 19.1. The first-order valence-corrected chi connectivity index (χ1v) is 7.49. The molecular formula is C17H22FNO2. The molecule has 2 rings (SSSR count). The molecule has 1 amide bonds. The van der Waals surface area contributed by atoms with E-state index in [0.29, 0.717) is 6.54 Å². The Hall–Kier alpha value is -1.68. The maximum Gasteiger partial charge on any atom is 0.223 e. The van der Waals surface area contributed by atoms with Gasteiger partial charge in [-0.25, -0.2) is 4.39 Å². The molecule has 0 aromatic heterocycles. The Labute approximate surface area is 124 Å². The molecule has 1 aliphatic rings. The van der Waals surface area contributed by atoms with Gasteiger partial charge in [-0.1, -0.05) is 43.5 Å². The van der Waals surface area contributed by atoms with Crippen LogP contribution >= 0.6 is 0 Å². The summed E-state index contributed by atoms with van der Waals surface area (Å²) in [6.07, 6.45) is 8.36. The third-order valence-corrected chi connectivity index (χ3v) is 3.86. The van der Waals surface area contributed by atoms with Crippen molar-refractivity contribution in [2.45, 2.75) is 44.1 Å². The molecule has 1 aromatic rings. The zero-order valence-corrected chi connectivity index (χ0v) is 12.1. The number of carbonyl (C=O) groups excluding carboxylic acids is 1. The summed E-state index contributed by atoms with van der Waals surface area (Å²) in [7, 11) is 0. The van der Waals surface area contributed by atoms with Gasteiger partial charge in [0.1, 0.15) is 5.82 Å². The van der Waals surface area contributed by atoms with Crippen LogP contribution in [0.25, 0.3) is 6.08 Å². The number of hydrogen-bond donors (Lipinski definition) is 2. The minimum Gasteiger partial charge on any atom is -0.388 e. The molecule has 21 heavy (non-hydrogen) atoms. The summed E-state index contributed by atoms with van der Waals surface area (Å²) in [5.41, 5.74) is -0.00564. The lowest BCUT2D eigenvalue weighted by Gasteiger charge is -2.32. The molecule has 4 heteroatoms. The molecule has 0 heterocycles. The van der Waals surface area contributed by atoms with E-state index in [1.165, 1.54) is 12.1 Å². The highest BCUT2D eigenvalue weighted by molar-refractivity contribution is 5.78. The van der Waals surface area contributed by atoms with Crippen molar-refractivity contribution in [1.29, 1.82) is 0 Å². The standard InChI is InChI=1S/C17H22FNO2/c18-15-8-4-6-14(12-15)7-5-9-16(20)19-13-17(21)10-2-1-3-11-17/h4-8,12,21H,1-3,9-11,13H2,(H,19,20). The number of nitrogens with one attached hydrogen (secondary N) is 1. The number of hydrogen-bond acceptors (Lipinski definition) is 2. The minimum atomic E-state index is -0.736. The predicted molar refractivity (Wildman–Crippen MR) is 81.1 cm³/mol. The fourth-order valence-corrected chi connectivity index (χ4v) is 2.63. The van der Waals surface area contributed by atoms with E-state index in [9.17, 15) is 14.3 Å². The molecule has 1 fully saturated rings. The van der Waals surface area contributed by atoms with Gasteiger partial charge < -0.3 is 10.4 Å². The summed E-state index contributed by atoms with van der Waals surface area (Å²) < 4.78 is 13.0.